The number of H-pyrrole nitrogens is 1. The molecule has 19 heavy (non-hydrogen) atoms. The molecule has 0 saturated carbocycles. The number of hydrogen-bond acceptors (Lipinski definition) is 2. The number of aromatic nitrogens is 2. The van der Waals surface area contributed by atoms with Gasteiger partial charge in [0.05, 0.1) is 5.56 Å². The molecule has 0 fully saturated rings. The van der Waals surface area contributed by atoms with Crippen molar-refractivity contribution in [3.05, 3.63) is 46.9 Å². The molecule has 2 N–H and O–H groups in total. The molecule has 1 heterocycles. The number of anilines is 1. The van der Waals surface area contributed by atoms with Crippen molar-refractivity contribution in [3.63, 3.8) is 0 Å². The number of halogens is 1. The van der Waals surface area contributed by atoms with Crippen molar-refractivity contribution < 1.29 is 9.18 Å². The summed E-state index contributed by atoms with van der Waals surface area (Å²) in [6, 6.07) is 6.24. The van der Waals surface area contributed by atoms with Gasteiger partial charge >= 0.3 is 0 Å². The summed E-state index contributed by atoms with van der Waals surface area (Å²) in [6.07, 6.45) is 0. The van der Waals surface area contributed by atoms with Crippen LogP contribution in [0.5, 0.6) is 0 Å². The topological polar surface area (TPSA) is 57.8 Å². The highest BCUT2D eigenvalue weighted by atomic mass is 19.1. The standard InChI is InChI=1S/C14H16FN3O/c1-8(2)12-7-13(18-17-12)16-14(19)10-5-4-9(3)6-11(10)15/h4-8H,1-3H3,(H2,16,17,18,19). The quantitative estimate of drug-likeness (QED) is 0.891. The smallest absolute Gasteiger partial charge is 0.259 e. The first-order chi connectivity index (χ1) is 8.97. The fraction of sp³-hybridized carbons (Fsp3) is 0.286. The Labute approximate surface area is 111 Å². The predicted molar refractivity (Wildman–Crippen MR) is 71.8 cm³/mol. The van der Waals surface area contributed by atoms with Gasteiger partial charge in [0.2, 0.25) is 0 Å². The first-order valence-corrected chi connectivity index (χ1v) is 6.10. The number of carbonyl (C=O) groups is 1. The molecule has 0 aliphatic carbocycles. The highest BCUT2D eigenvalue weighted by Crippen LogP contribution is 2.16. The largest absolute Gasteiger partial charge is 0.305 e. The molecule has 0 aliphatic heterocycles. The summed E-state index contributed by atoms with van der Waals surface area (Å²) in [4.78, 5) is 11.9. The maximum atomic E-state index is 13.6. The fourth-order valence-corrected chi connectivity index (χ4v) is 1.68. The van der Waals surface area contributed by atoms with Crippen LogP contribution < -0.4 is 5.32 Å². The first-order valence-electron chi connectivity index (χ1n) is 6.10. The number of benzene rings is 1. The summed E-state index contributed by atoms with van der Waals surface area (Å²) in [5, 5.41) is 9.37. The number of nitrogens with one attached hydrogen (secondary N) is 2. The van der Waals surface area contributed by atoms with Gasteiger partial charge in [-0.1, -0.05) is 19.9 Å². The van der Waals surface area contributed by atoms with Crippen molar-refractivity contribution in [2.45, 2.75) is 26.7 Å². The Morgan fingerprint density at radius 2 is 2.11 bits per heavy atom. The van der Waals surface area contributed by atoms with E-state index in [9.17, 15) is 9.18 Å². The van der Waals surface area contributed by atoms with Crippen LogP contribution >= 0.6 is 0 Å². The molecule has 0 bridgehead atoms. The normalized spacial score (nSPS) is 10.8. The van der Waals surface area contributed by atoms with Gasteiger partial charge in [-0.25, -0.2) is 4.39 Å². The Kier molecular flexibility index (Phi) is 3.64. The average Bonchev–Trinajstić information content (AvgIpc) is 2.77. The minimum absolute atomic E-state index is 0.0136. The molecule has 0 aliphatic rings. The van der Waals surface area contributed by atoms with Crippen LogP contribution in [0, 0.1) is 12.7 Å². The number of amides is 1. The van der Waals surface area contributed by atoms with Gasteiger partial charge in [-0.2, -0.15) is 5.10 Å². The number of aryl methyl sites for hydroxylation is 1. The van der Waals surface area contributed by atoms with Crippen LogP contribution in [0.3, 0.4) is 0 Å². The van der Waals surface area contributed by atoms with Gasteiger partial charge in [0.1, 0.15) is 5.82 Å². The SMILES string of the molecule is Cc1ccc(C(=O)Nc2cc(C(C)C)[nH]n2)c(F)c1. The van der Waals surface area contributed by atoms with Crippen LogP contribution in [0.4, 0.5) is 10.2 Å². The van der Waals surface area contributed by atoms with Crippen LogP contribution in [-0.4, -0.2) is 16.1 Å². The molecule has 0 spiro atoms. The Hall–Kier alpha value is -2.17. The number of aromatic amines is 1. The third-order valence-corrected chi connectivity index (χ3v) is 2.83. The minimum Gasteiger partial charge on any atom is -0.305 e. The minimum atomic E-state index is -0.530. The van der Waals surface area contributed by atoms with E-state index in [2.05, 4.69) is 15.5 Å². The Balaban J connectivity index is 2.16. The van der Waals surface area contributed by atoms with E-state index >= 15 is 0 Å². The number of hydrogen-bond donors (Lipinski definition) is 2. The van der Waals surface area contributed by atoms with E-state index in [1.54, 1.807) is 19.1 Å². The molecule has 0 unspecified atom stereocenters. The summed E-state index contributed by atoms with van der Waals surface area (Å²) < 4.78 is 13.6. The second-order valence-corrected chi connectivity index (χ2v) is 4.80. The van der Waals surface area contributed by atoms with Gasteiger partial charge < -0.3 is 5.32 Å². The highest BCUT2D eigenvalue weighted by Gasteiger charge is 2.13. The lowest BCUT2D eigenvalue weighted by atomic mass is 10.1. The second-order valence-electron chi connectivity index (χ2n) is 4.80. The Morgan fingerprint density at radius 3 is 2.68 bits per heavy atom. The van der Waals surface area contributed by atoms with E-state index in [1.807, 2.05) is 13.8 Å². The third-order valence-electron chi connectivity index (χ3n) is 2.83. The first kappa shape index (κ1) is 13.3. The van der Waals surface area contributed by atoms with Gasteiger partial charge in [-0.05, 0) is 30.5 Å². The molecule has 1 amide bonds. The molecule has 0 radical (unpaired) electrons. The van der Waals surface area contributed by atoms with E-state index in [0.717, 1.165) is 11.3 Å². The molecular weight excluding hydrogens is 245 g/mol. The molecule has 0 saturated heterocycles. The summed E-state index contributed by atoms with van der Waals surface area (Å²) in [7, 11) is 0. The molecule has 2 rings (SSSR count). The summed E-state index contributed by atoms with van der Waals surface area (Å²) in [5.74, 6) is -0.348. The van der Waals surface area contributed by atoms with Crippen molar-refractivity contribution in [3.8, 4) is 0 Å². The van der Waals surface area contributed by atoms with E-state index in [-0.39, 0.29) is 11.5 Å². The number of nitrogens with zero attached hydrogens (tertiary/aromatic N) is 1. The summed E-state index contributed by atoms with van der Waals surface area (Å²) in [6.45, 7) is 5.80. The lowest BCUT2D eigenvalue weighted by Gasteiger charge is -2.04. The van der Waals surface area contributed by atoms with Crippen molar-refractivity contribution in [1.29, 1.82) is 0 Å². The Morgan fingerprint density at radius 1 is 1.37 bits per heavy atom. The van der Waals surface area contributed by atoms with Crippen LogP contribution in [-0.2, 0) is 0 Å². The summed E-state index contributed by atoms with van der Waals surface area (Å²) in [5.41, 5.74) is 1.70. The van der Waals surface area contributed by atoms with Gasteiger partial charge in [-0.3, -0.25) is 9.89 Å². The van der Waals surface area contributed by atoms with E-state index < -0.39 is 11.7 Å². The van der Waals surface area contributed by atoms with Gasteiger partial charge in [0.15, 0.2) is 5.82 Å². The zero-order chi connectivity index (χ0) is 14.0. The molecule has 100 valence electrons. The van der Waals surface area contributed by atoms with Crippen molar-refractivity contribution in [2.24, 2.45) is 0 Å². The molecule has 1 aromatic carbocycles. The third kappa shape index (κ3) is 2.99. The molecular formula is C14H16FN3O. The van der Waals surface area contributed by atoms with Crippen LogP contribution in [0.25, 0.3) is 0 Å². The number of carbonyl (C=O) groups excluding carboxylic acids is 1. The lowest BCUT2D eigenvalue weighted by molar-refractivity contribution is 0.102. The van der Waals surface area contributed by atoms with E-state index in [1.165, 1.54) is 12.1 Å². The van der Waals surface area contributed by atoms with E-state index in [4.69, 9.17) is 0 Å². The zero-order valence-electron chi connectivity index (χ0n) is 11.1. The predicted octanol–water partition coefficient (Wildman–Crippen LogP) is 3.23. The maximum absolute atomic E-state index is 13.6. The fourth-order valence-electron chi connectivity index (χ4n) is 1.68. The Bertz CT molecular complexity index is 604. The van der Waals surface area contributed by atoms with Crippen LogP contribution in [0.2, 0.25) is 0 Å². The lowest BCUT2D eigenvalue weighted by Crippen LogP contribution is -2.14. The molecule has 5 heteroatoms. The molecule has 2 aromatic rings. The van der Waals surface area contributed by atoms with E-state index in [0.29, 0.717) is 5.82 Å². The van der Waals surface area contributed by atoms with Crippen LogP contribution in [0.1, 0.15) is 41.4 Å². The second kappa shape index (κ2) is 5.22. The zero-order valence-corrected chi connectivity index (χ0v) is 11.1. The van der Waals surface area contributed by atoms with Crippen molar-refractivity contribution in [1.82, 2.24) is 10.2 Å². The monoisotopic (exact) mass is 261 g/mol. The van der Waals surface area contributed by atoms with Gasteiger partial charge in [0.25, 0.3) is 5.91 Å². The molecule has 0 atom stereocenters. The maximum Gasteiger partial charge on any atom is 0.259 e. The molecule has 4 nitrogen and oxygen atoms in total. The van der Waals surface area contributed by atoms with Crippen molar-refractivity contribution in [2.75, 3.05) is 5.32 Å². The van der Waals surface area contributed by atoms with Gasteiger partial charge in [0, 0.05) is 11.8 Å². The van der Waals surface area contributed by atoms with Crippen LogP contribution in [0.15, 0.2) is 24.3 Å². The average molecular weight is 261 g/mol. The summed E-state index contributed by atoms with van der Waals surface area (Å²) >= 11 is 0. The molecule has 1 aromatic heterocycles. The van der Waals surface area contributed by atoms with Crippen molar-refractivity contribution >= 4 is 11.7 Å². The number of rotatable bonds is 3. The highest BCUT2D eigenvalue weighted by molar-refractivity contribution is 6.04. The van der Waals surface area contributed by atoms with Gasteiger partial charge in [-0.15, -0.1) is 0 Å².